The van der Waals surface area contributed by atoms with Crippen LogP contribution in [-0.2, 0) is 21.2 Å². The maximum absolute atomic E-state index is 12.5. The van der Waals surface area contributed by atoms with Crippen LogP contribution in [0.2, 0.25) is 0 Å². The highest BCUT2D eigenvalue weighted by Gasteiger charge is 2.24. The molecular formula is C23H32N2O5S. The Hall–Kier alpha value is -2.74. The first kappa shape index (κ1) is 24.5. The van der Waals surface area contributed by atoms with Crippen LogP contribution in [0.4, 0.5) is 5.69 Å². The van der Waals surface area contributed by atoms with E-state index in [9.17, 15) is 13.2 Å². The lowest BCUT2D eigenvalue weighted by atomic mass is 10.1. The summed E-state index contributed by atoms with van der Waals surface area (Å²) in [5.74, 6) is 0.852. The Bertz CT molecular complexity index is 989. The zero-order valence-electron chi connectivity index (χ0n) is 18.8. The summed E-state index contributed by atoms with van der Waals surface area (Å²) >= 11 is 0. The number of nitrogens with zero attached hydrogens (tertiary/aromatic N) is 1. The summed E-state index contributed by atoms with van der Waals surface area (Å²) in [6, 6.07) is 13.1. The molecule has 1 amide bonds. The highest BCUT2D eigenvalue weighted by molar-refractivity contribution is 7.92. The molecule has 0 aliphatic carbocycles. The van der Waals surface area contributed by atoms with E-state index >= 15 is 0 Å². The smallest absolute Gasteiger partial charge is 0.240 e. The number of anilines is 1. The van der Waals surface area contributed by atoms with Crippen LogP contribution in [0, 0.1) is 6.92 Å². The number of nitrogens with one attached hydrogen (secondary N) is 1. The van der Waals surface area contributed by atoms with Gasteiger partial charge < -0.3 is 14.8 Å². The zero-order valence-corrected chi connectivity index (χ0v) is 19.7. The van der Waals surface area contributed by atoms with Crippen LogP contribution in [0.25, 0.3) is 0 Å². The largest absolute Gasteiger partial charge is 0.495 e. The van der Waals surface area contributed by atoms with Crippen LogP contribution >= 0.6 is 0 Å². The van der Waals surface area contributed by atoms with Gasteiger partial charge in [0.2, 0.25) is 15.9 Å². The molecule has 1 N–H and O–H groups in total. The van der Waals surface area contributed by atoms with E-state index in [-0.39, 0.29) is 18.6 Å². The van der Waals surface area contributed by atoms with Gasteiger partial charge in [0.1, 0.15) is 18.0 Å². The SMILES string of the molecule is COc1ccc(C)cc1N(CC(=O)NCCCc1cccc(OC(C)C)c1)S(C)(=O)=O. The summed E-state index contributed by atoms with van der Waals surface area (Å²) in [5.41, 5.74) is 2.34. The first-order chi connectivity index (χ1) is 14.6. The molecule has 0 saturated heterocycles. The van der Waals surface area contributed by atoms with Crippen molar-refractivity contribution in [1.29, 1.82) is 0 Å². The molecule has 2 rings (SSSR count). The van der Waals surface area contributed by atoms with E-state index in [4.69, 9.17) is 9.47 Å². The third-order valence-corrected chi connectivity index (χ3v) is 5.65. The van der Waals surface area contributed by atoms with Crippen LogP contribution in [-0.4, -0.2) is 46.9 Å². The molecule has 0 unspecified atom stereocenters. The van der Waals surface area contributed by atoms with Crippen molar-refractivity contribution >= 4 is 21.6 Å². The van der Waals surface area contributed by atoms with Crippen molar-refractivity contribution in [1.82, 2.24) is 5.32 Å². The summed E-state index contributed by atoms with van der Waals surface area (Å²) in [7, 11) is -2.20. The summed E-state index contributed by atoms with van der Waals surface area (Å²) in [6.45, 7) is 5.94. The molecule has 8 heteroatoms. The molecule has 0 aromatic heterocycles. The lowest BCUT2D eigenvalue weighted by Gasteiger charge is -2.24. The van der Waals surface area contributed by atoms with Crippen LogP contribution in [0.5, 0.6) is 11.5 Å². The van der Waals surface area contributed by atoms with Crippen LogP contribution in [0.1, 0.15) is 31.4 Å². The molecule has 0 heterocycles. The number of hydrogen-bond acceptors (Lipinski definition) is 5. The molecule has 0 aliphatic heterocycles. The molecule has 0 bridgehead atoms. The molecule has 0 fully saturated rings. The Morgan fingerprint density at radius 3 is 2.55 bits per heavy atom. The molecule has 2 aromatic carbocycles. The highest BCUT2D eigenvalue weighted by Crippen LogP contribution is 2.30. The van der Waals surface area contributed by atoms with E-state index < -0.39 is 10.0 Å². The minimum absolute atomic E-state index is 0.111. The van der Waals surface area contributed by atoms with Crippen molar-refractivity contribution in [3.63, 3.8) is 0 Å². The van der Waals surface area contributed by atoms with Gasteiger partial charge in [-0.15, -0.1) is 0 Å². The number of benzene rings is 2. The fourth-order valence-electron chi connectivity index (χ4n) is 3.13. The van der Waals surface area contributed by atoms with Crippen molar-refractivity contribution < 1.29 is 22.7 Å². The van der Waals surface area contributed by atoms with E-state index in [0.29, 0.717) is 18.0 Å². The number of sulfonamides is 1. The van der Waals surface area contributed by atoms with Gasteiger partial charge in [-0.2, -0.15) is 0 Å². The van der Waals surface area contributed by atoms with Gasteiger partial charge >= 0.3 is 0 Å². The summed E-state index contributed by atoms with van der Waals surface area (Å²) in [6.07, 6.45) is 2.69. The number of amides is 1. The zero-order chi connectivity index (χ0) is 23.0. The van der Waals surface area contributed by atoms with Gasteiger partial charge in [-0.05, 0) is 69.0 Å². The van der Waals surface area contributed by atoms with E-state index in [2.05, 4.69) is 5.32 Å². The Labute approximate surface area is 185 Å². The van der Waals surface area contributed by atoms with Crippen molar-refractivity contribution in [3.05, 3.63) is 53.6 Å². The van der Waals surface area contributed by atoms with E-state index in [0.717, 1.165) is 40.3 Å². The summed E-state index contributed by atoms with van der Waals surface area (Å²) < 4.78 is 36.8. The van der Waals surface area contributed by atoms with E-state index in [1.165, 1.54) is 7.11 Å². The van der Waals surface area contributed by atoms with Gasteiger partial charge in [-0.25, -0.2) is 8.42 Å². The maximum Gasteiger partial charge on any atom is 0.240 e. The third-order valence-electron chi connectivity index (χ3n) is 4.53. The Morgan fingerprint density at radius 2 is 1.90 bits per heavy atom. The van der Waals surface area contributed by atoms with Crippen molar-refractivity contribution in [2.24, 2.45) is 0 Å². The van der Waals surface area contributed by atoms with Gasteiger partial charge in [0.05, 0.1) is 25.2 Å². The number of carbonyl (C=O) groups excluding carboxylic acids is 1. The molecule has 0 atom stereocenters. The molecule has 170 valence electrons. The number of carbonyl (C=O) groups is 1. The molecule has 0 spiro atoms. The van der Waals surface area contributed by atoms with Crippen molar-refractivity contribution in [2.75, 3.05) is 30.8 Å². The number of hydrogen-bond donors (Lipinski definition) is 1. The quantitative estimate of drug-likeness (QED) is 0.533. The van der Waals surface area contributed by atoms with Crippen molar-refractivity contribution in [3.8, 4) is 11.5 Å². The maximum atomic E-state index is 12.5. The van der Waals surface area contributed by atoms with Crippen LogP contribution in [0.15, 0.2) is 42.5 Å². The number of rotatable bonds is 11. The average molecular weight is 449 g/mol. The molecule has 0 radical (unpaired) electrons. The predicted molar refractivity (Wildman–Crippen MR) is 123 cm³/mol. The van der Waals surface area contributed by atoms with Gasteiger partial charge in [-0.3, -0.25) is 9.10 Å². The monoisotopic (exact) mass is 448 g/mol. The predicted octanol–water partition coefficient (Wildman–Crippen LogP) is 3.31. The normalized spacial score (nSPS) is 11.3. The second-order valence-corrected chi connectivity index (χ2v) is 9.62. The molecule has 0 saturated carbocycles. The summed E-state index contributed by atoms with van der Waals surface area (Å²) in [5, 5.41) is 2.81. The van der Waals surface area contributed by atoms with Crippen LogP contribution in [0.3, 0.4) is 0 Å². The van der Waals surface area contributed by atoms with Crippen LogP contribution < -0.4 is 19.1 Å². The van der Waals surface area contributed by atoms with Crippen molar-refractivity contribution in [2.45, 2.75) is 39.7 Å². The highest BCUT2D eigenvalue weighted by atomic mass is 32.2. The fraction of sp³-hybridized carbons (Fsp3) is 0.435. The lowest BCUT2D eigenvalue weighted by Crippen LogP contribution is -2.40. The Balaban J connectivity index is 1.95. The molecule has 7 nitrogen and oxygen atoms in total. The second-order valence-electron chi connectivity index (χ2n) is 7.71. The minimum atomic E-state index is -3.67. The lowest BCUT2D eigenvalue weighted by molar-refractivity contribution is -0.119. The molecule has 0 aliphatic rings. The fourth-order valence-corrected chi connectivity index (χ4v) is 3.98. The Morgan fingerprint density at radius 1 is 1.16 bits per heavy atom. The second kappa shape index (κ2) is 11.0. The Kier molecular flexibility index (Phi) is 8.74. The van der Waals surface area contributed by atoms with E-state index in [1.54, 1.807) is 12.1 Å². The number of methoxy groups -OCH3 is 1. The standard InChI is InChI=1S/C23H32N2O5S/c1-17(2)30-20-10-6-8-19(15-20)9-7-13-24-23(26)16-25(31(5,27)28)21-14-18(3)11-12-22(21)29-4/h6,8,10-12,14-15,17H,7,9,13,16H2,1-5H3,(H,24,26). The van der Waals surface area contributed by atoms with Gasteiger partial charge in [-0.1, -0.05) is 18.2 Å². The minimum Gasteiger partial charge on any atom is -0.495 e. The topological polar surface area (TPSA) is 84.9 Å². The van der Waals surface area contributed by atoms with Gasteiger partial charge in [0.15, 0.2) is 0 Å². The van der Waals surface area contributed by atoms with Gasteiger partial charge in [0, 0.05) is 6.54 Å². The first-order valence-electron chi connectivity index (χ1n) is 10.2. The third kappa shape index (κ3) is 7.79. The molecule has 31 heavy (non-hydrogen) atoms. The van der Waals surface area contributed by atoms with Gasteiger partial charge in [0.25, 0.3) is 0 Å². The average Bonchev–Trinajstić information content (AvgIpc) is 2.68. The number of ether oxygens (including phenoxy) is 2. The molecule has 2 aromatic rings. The summed E-state index contributed by atoms with van der Waals surface area (Å²) in [4.78, 5) is 12.5. The van der Waals surface area contributed by atoms with E-state index in [1.807, 2.05) is 51.1 Å². The molecular weight excluding hydrogens is 416 g/mol. The number of aryl methyl sites for hydroxylation is 2. The first-order valence-corrected chi connectivity index (χ1v) is 12.1.